The van der Waals surface area contributed by atoms with Crippen molar-refractivity contribution in [2.24, 2.45) is 0 Å². The van der Waals surface area contributed by atoms with E-state index >= 15 is 0 Å². The minimum atomic E-state index is -0.185. The van der Waals surface area contributed by atoms with Crippen LogP contribution in [0.25, 0.3) is 0 Å². The first kappa shape index (κ1) is 16.3. The predicted octanol–water partition coefficient (Wildman–Crippen LogP) is 1.49. The molecule has 3 rings (SSSR count). The van der Waals surface area contributed by atoms with Gasteiger partial charge in [-0.25, -0.2) is 9.89 Å². The van der Waals surface area contributed by atoms with Gasteiger partial charge < -0.3 is 10.1 Å². The Morgan fingerprint density at radius 2 is 2.25 bits per heavy atom. The van der Waals surface area contributed by atoms with Crippen LogP contribution in [0, 0.1) is 0 Å². The van der Waals surface area contributed by atoms with E-state index in [1.165, 1.54) is 0 Å². The fraction of sp³-hybridized carbons (Fsp3) is 0.471. The van der Waals surface area contributed by atoms with E-state index in [1.807, 2.05) is 26.0 Å². The van der Waals surface area contributed by atoms with Gasteiger partial charge in [0.2, 0.25) is 0 Å². The summed E-state index contributed by atoms with van der Waals surface area (Å²) in [5, 5.41) is 9.54. The second-order valence-electron chi connectivity index (χ2n) is 6.29. The van der Waals surface area contributed by atoms with E-state index in [-0.39, 0.29) is 23.7 Å². The molecular weight excluding hydrogens is 308 g/mol. The lowest BCUT2D eigenvalue weighted by atomic mass is 10.1. The number of carbonyl (C=O) groups excluding carboxylic acids is 1. The third-order valence-corrected chi connectivity index (χ3v) is 4.06. The summed E-state index contributed by atoms with van der Waals surface area (Å²) in [6.07, 6.45) is 2.20. The van der Waals surface area contributed by atoms with Crippen molar-refractivity contribution in [3.05, 3.63) is 46.1 Å². The molecule has 0 bridgehead atoms. The Hall–Kier alpha value is -2.57. The molecule has 7 nitrogen and oxygen atoms in total. The molecule has 1 aliphatic heterocycles. The van der Waals surface area contributed by atoms with Crippen LogP contribution in [0.15, 0.2) is 29.1 Å². The second kappa shape index (κ2) is 6.90. The van der Waals surface area contributed by atoms with Crippen LogP contribution in [0.2, 0.25) is 0 Å². The van der Waals surface area contributed by atoms with Gasteiger partial charge in [0.15, 0.2) is 0 Å². The largest absolute Gasteiger partial charge is 0.491 e. The zero-order valence-corrected chi connectivity index (χ0v) is 13.9. The molecule has 1 atom stereocenters. The van der Waals surface area contributed by atoms with E-state index in [4.69, 9.17) is 4.74 Å². The smallest absolute Gasteiger partial charge is 0.343 e. The summed E-state index contributed by atoms with van der Waals surface area (Å²) >= 11 is 0. The van der Waals surface area contributed by atoms with Crippen molar-refractivity contribution in [3.63, 3.8) is 0 Å². The fourth-order valence-electron chi connectivity index (χ4n) is 2.90. The van der Waals surface area contributed by atoms with Gasteiger partial charge in [0, 0.05) is 24.6 Å². The molecule has 0 aliphatic carbocycles. The fourth-order valence-corrected chi connectivity index (χ4v) is 2.90. The summed E-state index contributed by atoms with van der Waals surface area (Å²) < 4.78 is 7.27. The van der Waals surface area contributed by atoms with Crippen LogP contribution in [0.3, 0.4) is 0 Å². The molecule has 1 unspecified atom stereocenters. The number of ether oxygens (including phenoxy) is 1. The SMILES string of the molecule is CC(C)Oc1cccc(C(=O)NC2CCc3n[nH]c(=O)n3CC2)c1. The van der Waals surface area contributed by atoms with Crippen molar-refractivity contribution in [2.45, 2.75) is 51.8 Å². The van der Waals surface area contributed by atoms with E-state index in [0.717, 1.165) is 12.2 Å². The molecule has 2 N–H and O–H groups in total. The number of hydrogen-bond donors (Lipinski definition) is 2. The zero-order chi connectivity index (χ0) is 17.1. The van der Waals surface area contributed by atoms with Gasteiger partial charge in [0.1, 0.15) is 11.6 Å². The van der Waals surface area contributed by atoms with E-state index in [1.54, 1.807) is 16.7 Å². The van der Waals surface area contributed by atoms with Crippen molar-refractivity contribution in [1.82, 2.24) is 20.1 Å². The average molecular weight is 330 g/mol. The maximum Gasteiger partial charge on any atom is 0.343 e. The normalized spacial score (nSPS) is 17.2. The molecule has 24 heavy (non-hydrogen) atoms. The predicted molar refractivity (Wildman–Crippen MR) is 89.2 cm³/mol. The second-order valence-corrected chi connectivity index (χ2v) is 6.29. The molecule has 0 saturated carbocycles. The molecule has 2 heterocycles. The summed E-state index contributed by atoms with van der Waals surface area (Å²) in [5.41, 5.74) is 0.392. The molecule has 7 heteroatoms. The third-order valence-electron chi connectivity index (χ3n) is 4.06. The summed E-state index contributed by atoms with van der Waals surface area (Å²) in [5.74, 6) is 1.32. The summed E-state index contributed by atoms with van der Waals surface area (Å²) in [7, 11) is 0. The Labute approximate surface area is 140 Å². The number of nitrogens with zero attached hydrogens (tertiary/aromatic N) is 2. The minimum absolute atomic E-state index is 0.0215. The van der Waals surface area contributed by atoms with E-state index < -0.39 is 0 Å². The first-order valence-corrected chi connectivity index (χ1v) is 8.24. The van der Waals surface area contributed by atoms with Gasteiger partial charge in [0.05, 0.1) is 6.10 Å². The van der Waals surface area contributed by atoms with Crippen LogP contribution < -0.4 is 15.7 Å². The Bertz CT molecular complexity index is 778. The molecule has 0 spiro atoms. The van der Waals surface area contributed by atoms with Gasteiger partial charge in [-0.1, -0.05) is 6.07 Å². The van der Waals surface area contributed by atoms with Gasteiger partial charge in [-0.15, -0.1) is 0 Å². The van der Waals surface area contributed by atoms with Crippen LogP contribution in [0.5, 0.6) is 5.75 Å². The third kappa shape index (κ3) is 3.67. The van der Waals surface area contributed by atoms with Crippen LogP contribution in [0.4, 0.5) is 0 Å². The highest BCUT2D eigenvalue weighted by molar-refractivity contribution is 5.94. The summed E-state index contributed by atoms with van der Waals surface area (Å²) in [6.45, 7) is 4.46. The topological polar surface area (TPSA) is 89.0 Å². The zero-order valence-electron chi connectivity index (χ0n) is 13.9. The van der Waals surface area contributed by atoms with E-state index in [9.17, 15) is 9.59 Å². The number of aryl methyl sites for hydroxylation is 1. The molecule has 1 aliphatic rings. The van der Waals surface area contributed by atoms with Gasteiger partial charge in [-0.2, -0.15) is 5.10 Å². The maximum atomic E-state index is 12.5. The quantitative estimate of drug-likeness (QED) is 0.889. The average Bonchev–Trinajstić information content (AvgIpc) is 2.77. The van der Waals surface area contributed by atoms with Gasteiger partial charge in [-0.05, 0) is 44.9 Å². The number of amides is 1. The van der Waals surface area contributed by atoms with Gasteiger partial charge in [0.25, 0.3) is 5.91 Å². The number of benzene rings is 1. The molecular formula is C17H22N4O3. The summed E-state index contributed by atoms with van der Waals surface area (Å²) in [4.78, 5) is 24.1. The monoisotopic (exact) mass is 330 g/mol. The van der Waals surface area contributed by atoms with E-state index in [2.05, 4.69) is 15.5 Å². The maximum absolute atomic E-state index is 12.5. The number of aromatic nitrogens is 3. The number of fused-ring (bicyclic) bond motifs is 1. The Morgan fingerprint density at radius 1 is 1.42 bits per heavy atom. The Kier molecular flexibility index (Phi) is 4.69. The first-order valence-electron chi connectivity index (χ1n) is 8.24. The molecule has 0 fully saturated rings. The van der Waals surface area contributed by atoms with Crippen LogP contribution >= 0.6 is 0 Å². The first-order chi connectivity index (χ1) is 11.5. The van der Waals surface area contributed by atoms with Crippen molar-refractivity contribution < 1.29 is 9.53 Å². The van der Waals surface area contributed by atoms with Crippen LogP contribution in [-0.4, -0.2) is 32.8 Å². The van der Waals surface area contributed by atoms with Crippen molar-refractivity contribution >= 4 is 5.91 Å². The van der Waals surface area contributed by atoms with Crippen molar-refractivity contribution in [1.29, 1.82) is 0 Å². The Balaban J connectivity index is 1.64. The Morgan fingerprint density at radius 3 is 3.04 bits per heavy atom. The van der Waals surface area contributed by atoms with Gasteiger partial charge in [-0.3, -0.25) is 9.36 Å². The number of nitrogens with one attached hydrogen (secondary N) is 2. The van der Waals surface area contributed by atoms with Crippen molar-refractivity contribution in [2.75, 3.05) is 0 Å². The van der Waals surface area contributed by atoms with Crippen LogP contribution in [-0.2, 0) is 13.0 Å². The highest BCUT2D eigenvalue weighted by atomic mass is 16.5. The lowest BCUT2D eigenvalue weighted by Gasteiger charge is -2.16. The van der Waals surface area contributed by atoms with E-state index in [0.29, 0.717) is 30.7 Å². The molecule has 2 aromatic rings. The highest BCUT2D eigenvalue weighted by Crippen LogP contribution is 2.16. The number of hydrogen-bond acceptors (Lipinski definition) is 4. The molecule has 128 valence electrons. The highest BCUT2D eigenvalue weighted by Gasteiger charge is 2.20. The molecule has 1 aromatic heterocycles. The number of carbonyl (C=O) groups is 1. The molecule has 0 radical (unpaired) electrons. The number of aromatic amines is 1. The number of rotatable bonds is 4. The molecule has 1 aromatic carbocycles. The standard InChI is InChI=1S/C17H22N4O3/c1-11(2)24-14-5-3-4-12(10-14)16(22)18-13-6-7-15-19-20-17(23)21(15)9-8-13/h3-5,10-11,13H,6-9H2,1-2H3,(H,18,22)(H,20,23). The number of H-pyrrole nitrogens is 1. The van der Waals surface area contributed by atoms with Crippen molar-refractivity contribution in [3.8, 4) is 5.75 Å². The lowest BCUT2D eigenvalue weighted by molar-refractivity contribution is 0.0932. The van der Waals surface area contributed by atoms with Crippen LogP contribution in [0.1, 0.15) is 42.9 Å². The lowest BCUT2D eigenvalue weighted by Crippen LogP contribution is -2.35. The minimum Gasteiger partial charge on any atom is -0.491 e. The van der Waals surface area contributed by atoms with Gasteiger partial charge >= 0.3 is 5.69 Å². The molecule has 1 amide bonds. The molecule has 0 saturated heterocycles. The summed E-state index contributed by atoms with van der Waals surface area (Å²) in [6, 6.07) is 7.20.